The van der Waals surface area contributed by atoms with Gasteiger partial charge in [0.25, 0.3) is 5.91 Å². The first-order valence-corrected chi connectivity index (χ1v) is 9.40. The summed E-state index contributed by atoms with van der Waals surface area (Å²) in [7, 11) is 0. The van der Waals surface area contributed by atoms with Crippen LogP contribution in [-0.4, -0.2) is 44.0 Å². The Morgan fingerprint density at radius 1 is 1.32 bits per heavy atom. The Bertz CT molecular complexity index is 812. The van der Waals surface area contributed by atoms with Crippen LogP contribution in [0.3, 0.4) is 0 Å². The first-order chi connectivity index (χ1) is 12.1. The van der Waals surface area contributed by atoms with E-state index < -0.39 is 5.54 Å². The quantitative estimate of drug-likeness (QED) is 0.843. The molecule has 4 rings (SSSR count). The highest BCUT2D eigenvalue weighted by Crippen LogP contribution is 2.34. The molecule has 2 saturated heterocycles. The monoisotopic (exact) mass is 358 g/mol. The van der Waals surface area contributed by atoms with Crippen molar-refractivity contribution in [3.8, 4) is 11.4 Å². The lowest BCUT2D eigenvalue weighted by Crippen LogP contribution is -2.46. The average molecular weight is 358 g/mol. The van der Waals surface area contributed by atoms with Gasteiger partial charge in [0.05, 0.1) is 0 Å². The van der Waals surface area contributed by atoms with Crippen LogP contribution in [0.5, 0.6) is 0 Å². The first-order valence-electron chi connectivity index (χ1n) is 8.25. The lowest BCUT2D eigenvalue weighted by molar-refractivity contribution is -0.131. The van der Waals surface area contributed by atoms with Crippen molar-refractivity contribution in [3.63, 3.8) is 0 Å². The number of carbonyl (C=O) groups excluding carboxylic acids is 2. The summed E-state index contributed by atoms with van der Waals surface area (Å²) in [6.45, 7) is 2.09. The highest BCUT2D eigenvalue weighted by molar-refractivity contribution is 7.99. The van der Waals surface area contributed by atoms with Crippen LogP contribution in [0.2, 0.25) is 0 Å². The normalized spacial score (nSPS) is 22.8. The first kappa shape index (κ1) is 16.1. The Morgan fingerprint density at radius 2 is 2.12 bits per heavy atom. The summed E-state index contributed by atoms with van der Waals surface area (Å²) in [4.78, 5) is 30.3. The maximum absolute atomic E-state index is 12.6. The van der Waals surface area contributed by atoms with E-state index in [0.717, 1.165) is 17.7 Å². The van der Waals surface area contributed by atoms with Crippen LogP contribution in [0, 0.1) is 0 Å². The lowest BCUT2D eigenvalue weighted by atomic mass is 9.99. The molecular weight excluding hydrogens is 340 g/mol. The molecule has 0 bridgehead atoms. The summed E-state index contributed by atoms with van der Waals surface area (Å²) in [5.74, 6) is 2.00. The van der Waals surface area contributed by atoms with Crippen molar-refractivity contribution in [1.82, 2.24) is 20.4 Å². The number of nitrogens with zero attached hydrogens (tertiary/aromatic N) is 3. The number of thioether (sulfide) groups is 1. The molecule has 3 heterocycles. The minimum atomic E-state index is -0.749. The number of aromatic nitrogens is 2. The van der Waals surface area contributed by atoms with Crippen LogP contribution >= 0.6 is 11.8 Å². The highest BCUT2D eigenvalue weighted by atomic mass is 32.2. The molecule has 0 radical (unpaired) electrons. The molecule has 1 atom stereocenters. The number of nitrogens with one attached hydrogen (secondary N) is 1. The number of aryl methyl sites for hydroxylation is 1. The van der Waals surface area contributed by atoms with E-state index in [1.807, 2.05) is 24.3 Å². The van der Waals surface area contributed by atoms with Gasteiger partial charge in [0.15, 0.2) is 0 Å². The second-order valence-corrected chi connectivity index (χ2v) is 7.37. The Balaban J connectivity index is 1.51. The number of hydrogen-bond acceptors (Lipinski definition) is 6. The van der Waals surface area contributed by atoms with E-state index in [9.17, 15) is 9.59 Å². The molecule has 2 aliphatic rings. The molecule has 2 fully saturated rings. The maximum Gasteiger partial charge on any atom is 0.325 e. The van der Waals surface area contributed by atoms with Gasteiger partial charge in [-0.2, -0.15) is 16.7 Å². The lowest BCUT2D eigenvalue weighted by Gasteiger charge is -2.18. The largest absolute Gasteiger partial charge is 0.337 e. The topological polar surface area (TPSA) is 88.3 Å². The van der Waals surface area contributed by atoms with Gasteiger partial charge < -0.3 is 9.84 Å². The molecule has 1 unspecified atom stereocenters. The molecule has 7 nitrogen and oxygen atoms in total. The summed E-state index contributed by atoms with van der Waals surface area (Å²) in [5, 5.41) is 6.79. The molecule has 1 aromatic heterocycles. The van der Waals surface area contributed by atoms with Crippen LogP contribution in [0.25, 0.3) is 11.4 Å². The van der Waals surface area contributed by atoms with E-state index in [0.29, 0.717) is 18.0 Å². The van der Waals surface area contributed by atoms with Crippen molar-refractivity contribution < 1.29 is 14.1 Å². The van der Waals surface area contributed by atoms with Gasteiger partial charge in [0.2, 0.25) is 11.7 Å². The fraction of sp³-hybridized carbons (Fsp3) is 0.412. The van der Waals surface area contributed by atoms with Crippen molar-refractivity contribution in [2.45, 2.75) is 31.8 Å². The zero-order chi connectivity index (χ0) is 17.4. The molecule has 2 aromatic rings. The van der Waals surface area contributed by atoms with E-state index in [1.165, 1.54) is 10.5 Å². The van der Waals surface area contributed by atoms with Crippen molar-refractivity contribution in [2.75, 3.05) is 11.5 Å². The number of hydrogen-bond donors (Lipinski definition) is 1. The molecular formula is C17H18N4O3S. The minimum Gasteiger partial charge on any atom is -0.337 e. The third-order valence-corrected chi connectivity index (χ3v) is 5.84. The Hall–Kier alpha value is -2.35. The van der Waals surface area contributed by atoms with E-state index in [4.69, 9.17) is 4.52 Å². The van der Waals surface area contributed by atoms with E-state index in [-0.39, 0.29) is 24.4 Å². The third-order valence-electron chi connectivity index (χ3n) is 4.65. The fourth-order valence-corrected chi connectivity index (χ4v) is 4.44. The number of carbonyl (C=O) groups is 2. The zero-order valence-corrected chi connectivity index (χ0v) is 14.6. The van der Waals surface area contributed by atoms with Crippen molar-refractivity contribution in [1.29, 1.82) is 0 Å². The highest BCUT2D eigenvalue weighted by Gasteiger charge is 2.53. The molecule has 1 aromatic carbocycles. The summed E-state index contributed by atoms with van der Waals surface area (Å²) in [6, 6.07) is 7.52. The Kier molecular flexibility index (Phi) is 3.99. The van der Waals surface area contributed by atoms with Crippen LogP contribution < -0.4 is 5.32 Å². The standard InChI is InChI=1S/C17H18N4O3S/c1-2-11-3-5-12(6-4-11)14-18-13(24-20-14)9-21-15(22)17(19-16(21)23)7-8-25-10-17/h3-6H,2,7-10H2,1H3,(H,19,23). The molecule has 8 heteroatoms. The summed E-state index contributed by atoms with van der Waals surface area (Å²) < 4.78 is 5.25. The number of rotatable bonds is 4. The number of urea groups is 1. The number of imide groups is 1. The molecule has 0 aliphatic carbocycles. The van der Waals surface area contributed by atoms with Gasteiger partial charge in [0, 0.05) is 11.3 Å². The fourth-order valence-electron chi connectivity index (χ4n) is 3.11. The summed E-state index contributed by atoms with van der Waals surface area (Å²) in [6.07, 6.45) is 1.63. The van der Waals surface area contributed by atoms with Crippen LogP contribution in [0.4, 0.5) is 4.79 Å². The predicted octanol–water partition coefficient (Wildman–Crippen LogP) is 2.23. The van der Waals surface area contributed by atoms with E-state index in [2.05, 4.69) is 22.4 Å². The molecule has 25 heavy (non-hydrogen) atoms. The van der Waals surface area contributed by atoms with Crippen molar-refractivity contribution >= 4 is 23.7 Å². The smallest absolute Gasteiger partial charge is 0.325 e. The predicted molar refractivity (Wildman–Crippen MR) is 92.9 cm³/mol. The Labute approximate surface area is 149 Å². The van der Waals surface area contributed by atoms with E-state index >= 15 is 0 Å². The number of benzene rings is 1. The van der Waals surface area contributed by atoms with Gasteiger partial charge in [0.1, 0.15) is 12.1 Å². The molecule has 130 valence electrons. The van der Waals surface area contributed by atoms with Crippen LogP contribution in [0.15, 0.2) is 28.8 Å². The summed E-state index contributed by atoms with van der Waals surface area (Å²) >= 11 is 1.68. The zero-order valence-electron chi connectivity index (χ0n) is 13.8. The SMILES string of the molecule is CCc1ccc(-c2noc(CN3C(=O)NC4(CCSC4)C3=O)n2)cc1. The van der Waals surface area contributed by atoms with Crippen LogP contribution in [0.1, 0.15) is 24.8 Å². The van der Waals surface area contributed by atoms with Gasteiger partial charge in [-0.05, 0) is 24.2 Å². The minimum absolute atomic E-state index is 0.00285. The second kappa shape index (κ2) is 6.18. The van der Waals surface area contributed by atoms with Crippen molar-refractivity contribution in [3.05, 3.63) is 35.7 Å². The third kappa shape index (κ3) is 2.80. The van der Waals surface area contributed by atoms with Gasteiger partial charge in [-0.25, -0.2) is 4.79 Å². The summed E-state index contributed by atoms with van der Waals surface area (Å²) in [5.41, 5.74) is 1.32. The van der Waals surface area contributed by atoms with Crippen LogP contribution in [-0.2, 0) is 17.8 Å². The molecule has 2 aliphatic heterocycles. The van der Waals surface area contributed by atoms with Gasteiger partial charge in [-0.15, -0.1) is 0 Å². The molecule has 3 amide bonds. The molecule has 1 spiro atoms. The maximum atomic E-state index is 12.6. The van der Waals surface area contributed by atoms with Crippen molar-refractivity contribution in [2.24, 2.45) is 0 Å². The molecule has 0 saturated carbocycles. The Morgan fingerprint density at radius 3 is 2.80 bits per heavy atom. The molecule has 1 N–H and O–H groups in total. The second-order valence-electron chi connectivity index (χ2n) is 6.27. The van der Waals surface area contributed by atoms with E-state index in [1.54, 1.807) is 11.8 Å². The average Bonchev–Trinajstić information content (AvgIpc) is 3.33. The van der Waals surface area contributed by atoms with Gasteiger partial charge in [-0.3, -0.25) is 9.69 Å². The van der Waals surface area contributed by atoms with Gasteiger partial charge >= 0.3 is 6.03 Å². The van der Waals surface area contributed by atoms with Gasteiger partial charge in [-0.1, -0.05) is 36.3 Å². The number of amides is 3.